The fourth-order valence-corrected chi connectivity index (χ4v) is 1.91. The minimum absolute atomic E-state index is 0.136. The summed E-state index contributed by atoms with van der Waals surface area (Å²) in [5.41, 5.74) is 0.321. The molecular weight excluding hydrogens is 232 g/mol. The molecule has 1 amide bonds. The molecule has 1 aromatic heterocycles. The Kier molecular flexibility index (Phi) is 4.09. The first-order valence-corrected chi connectivity index (χ1v) is 6.23. The molecule has 0 aliphatic heterocycles. The lowest BCUT2D eigenvalue weighted by Gasteiger charge is -2.31. The topological polar surface area (TPSA) is 87.1 Å². The van der Waals surface area contributed by atoms with E-state index in [0.29, 0.717) is 24.0 Å². The van der Waals surface area contributed by atoms with Crippen LogP contribution in [-0.2, 0) is 0 Å². The molecular formula is C12H18N4O2. The van der Waals surface area contributed by atoms with Gasteiger partial charge in [0.1, 0.15) is 5.82 Å². The van der Waals surface area contributed by atoms with Gasteiger partial charge in [0.05, 0.1) is 6.10 Å². The number of aliphatic hydroxyl groups excluding tert-OH is 1. The van der Waals surface area contributed by atoms with Crippen LogP contribution in [0.15, 0.2) is 12.1 Å². The van der Waals surface area contributed by atoms with Crippen molar-refractivity contribution in [2.45, 2.75) is 25.9 Å². The van der Waals surface area contributed by atoms with Crippen molar-refractivity contribution in [3.63, 3.8) is 0 Å². The highest BCUT2D eigenvalue weighted by Crippen LogP contribution is 2.26. The highest BCUT2D eigenvalue weighted by Gasteiger charge is 2.26. The maximum atomic E-state index is 11.5. The van der Waals surface area contributed by atoms with Gasteiger partial charge in [-0.2, -0.15) is 0 Å². The van der Waals surface area contributed by atoms with Crippen molar-refractivity contribution in [3.8, 4) is 0 Å². The number of hydrogen-bond donors (Lipinski definition) is 3. The van der Waals surface area contributed by atoms with Gasteiger partial charge in [-0.25, -0.2) is 0 Å². The van der Waals surface area contributed by atoms with Crippen LogP contribution in [0.3, 0.4) is 0 Å². The van der Waals surface area contributed by atoms with Gasteiger partial charge in [0, 0.05) is 13.1 Å². The molecule has 1 fully saturated rings. The van der Waals surface area contributed by atoms with Gasteiger partial charge in [-0.3, -0.25) is 4.79 Å². The monoisotopic (exact) mass is 250 g/mol. The number of rotatable bonds is 5. The van der Waals surface area contributed by atoms with E-state index in [1.165, 1.54) is 0 Å². The Morgan fingerprint density at radius 1 is 1.44 bits per heavy atom. The smallest absolute Gasteiger partial charge is 0.271 e. The summed E-state index contributed by atoms with van der Waals surface area (Å²) in [6, 6.07) is 3.39. The molecule has 0 aromatic carbocycles. The van der Waals surface area contributed by atoms with Crippen LogP contribution >= 0.6 is 0 Å². The predicted molar refractivity (Wildman–Crippen MR) is 67.3 cm³/mol. The first-order valence-electron chi connectivity index (χ1n) is 6.23. The largest absolute Gasteiger partial charge is 0.393 e. The van der Waals surface area contributed by atoms with Crippen molar-refractivity contribution in [2.75, 3.05) is 18.4 Å². The molecule has 1 aromatic rings. The Morgan fingerprint density at radius 3 is 2.78 bits per heavy atom. The highest BCUT2D eigenvalue weighted by molar-refractivity contribution is 5.92. The van der Waals surface area contributed by atoms with E-state index in [0.717, 1.165) is 19.4 Å². The lowest BCUT2D eigenvalue weighted by atomic mass is 9.82. The molecule has 98 valence electrons. The Labute approximate surface area is 106 Å². The zero-order valence-electron chi connectivity index (χ0n) is 10.4. The quantitative estimate of drug-likeness (QED) is 0.704. The number of hydrogen-bond acceptors (Lipinski definition) is 5. The molecule has 1 saturated carbocycles. The Hall–Kier alpha value is -1.69. The van der Waals surface area contributed by atoms with E-state index < -0.39 is 0 Å². The van der Waals surface area contributed by atoms with E-state index in [1.54, 1.807) is 12.1 Å². The van der Waals surface area contributed by atoms with Gasteiger partial charge in [-0.1, -0.05) is 0 Å². The summed E-state index contributed by atoms with van der Waals surface area (Å²) in [5.74, 6) is 0.952. The maximum Gasteiger partial charge on any atom is 0.271 e. The number of anilines is 1. The molecule has 0 saturated heterocycles. The standard InChI is InChI=1S/C12H18N4O2/c1-2-13-12(18)10-3-4-11(16-15-10)14-7-8-5-9(17)6-8/h3-4,8-9,17H,2,5-7H2,1H3,(H,13,18)(H,14,16). The fourth-order valence-electron chi connectivity index (χ4n) is 1.91. The number of nitrogens with zero attached hydrogens (tertiary/aromatic N) is 2. The molecule has 1 aliphatic rings. The van der Waals surface area contributed by atoms with Crippen LogP contribution < -0.4 is 10.6 Å². The zero-order valence-corrected chi connectivity index (χ0v) is 10.4. The average Bonchev–Trinajstić information content (AvgIpc) is 2.34. The van der Waals surface area contributed by atoms with Gasteiger partial charge in [-0.15, -0.1) is 10.2 Å². The maximum absolute atomic E-state index is 11.5. The second-order valence-electron chi connectivity index (χ2n) is 4.54. The average molecular weight is 250 g/mol. The zero-order chi connectivity index (χ0) is 13.0. The summed E-state index contributed by atoms with van der Waals surface area (Å²) in [6.45, 7) is 3.21. The van der Waals surface area contributed by atoms with Crippen molar-refractivity contribution >= 4 is 11.7 Å². The van der Waals surface area contributed by atoms with Crippen LogP contribution in [0.5, 0.6) is 0 Å². The number of amides is 1. The third-order valence-corrected chi connectivity index (χ3v) is 3.02. The van der Waals surface area contributed by atoms with Crippen molar-refractivity contribution in [1.29, 1.82) is 0 Å². The molecule has 1 heterocycles. The molecule has 0 radical (unpaired) electrons. The van der Waals surface area contributed by atoms with E-state index in [4.69, 9.17) is 5.11 Å². The summed E-state index contributed by atoms with van der Waals surface area (Å²) < 4.78 is 0. The molecule has 0 unspecified atom stereocenters. The molecule has 1 aliphatic carbocycles. The molecule has 18 heavy (non-hydrogen) atoms. The second kappa shape index (κ2) is 5.77. The van der Waals surface area contributed by atoms with E-state index in [1.807, 2.05) is 6.92 Å². The first-order chi connectivity index (χ1) is 8.69. The SMILES string of the molecule is CCNC(=O)c1ccc(NCC2CC(O)C2)nn1. The number of aliphatic hydroxyl groups is 1. The summed E-state index contributed by atoms with van der Waals surface area (Å²) in [4.78, 5) is 11.5. The van der Waals surface area contributed by atoms with Crippen LogP contribution in [0.25, 0.3) is 0 Å². The lowest BCUT2D eigenvalue weighted by Crippen LogP contribution is -2.33. The van der Waals surface area contributed by atoms with E-state index in [2.05, 4.69) is 20.8 Å². The van der Waals surface area contributed by atoms with Gasteiger partial charge in [0.25, 0.3) is 5.91 Å². The molecule has 6 heteroatoms. The van der Waals surface area contributed by atoms with Gasteiger partial charge in [-0.05, 0) is 37.8 Å². The summed E-state index contributed by atoms with van der Waals surface area (Å²) in [7, 11) is 0. The lowest BCUT2D eigenvalue weighted by molar-refractivity contribution is 0.0486. The van der Waals surface area contributed by atoms with Gasteiger partial charge < -0.3 is 15.7 Å². The van der Waals surface area contributed by atoms with Crippen molar-refractivity contribution in [1.82, 2.24) is 15.5 Å². The van der Waals surface area contributed by atoms with Crippen molar-refractivity contribution < 1.29 is 9.90 Å². The van der Waals surface area contributed by atoms with Gasteiger partial charge in [0.15, 0.2) is 5.69 Å². The Morgan fingerprint density at radius 2 is 2.22 bits per heavy atom. The summed E-state index contributed by atoms with van der Waals surface area (Å²) >= 11 is 0. The molecule has 0 atom stereocenters. The Bertz CT molecular complexity index is 401. The number of nitrogens with one attached hydrogen (secondary N) is 2. The molecule has 3 N–H and O–H groups in total. The van der Waals surface area contributed by atoms with Crippen LogP contribution in [0, 0.1) is 5.92 Å². The minimum atomic E-state index is -0.210. The van der Waals surface area contributed by atoms with Crippen LogP contribution in [0.1, 0.15) is 30.3 Å². The predicted octanol–water partition coefficient (Wildman–Crippen LogP) is 0.409. The molecule has 6 nitrogen and oxygen atoms in total. The van der Waals surface area contributed by atoms with Crippen LogP contribution in [0.4, 0.5) is 5.82 Å². The first kappa shape index (κ1) is 12.8. The van der Waals surface area contributed by atoms with Crippen molar-refractivity contribution in [2.24, 2.45) is 5.92 Å². The normalized spacial score (nSPS) is 22.1. The third-order valence-electron chi connectivity index (χ3n) is 3.02. The number of carbonyl (C=O) groups is 1. The fraction of sp³-hybridized carbons (Fsp3) is 0.583. The third kappa shape index (κ3) is 3.16. The highest BCUT2D eigenvalue weighted by atomic mass is 16.3. The molecule has 2 rings (SSSR count). The summed E-state index contributed by atoms with van der Waals surface area (Å²) in [6.07, 6.45) is 1.55. The Balaban J connectivity index is 1.82. The van der Waals surface area contributed by atoms with E-state index >= 15 is 0 Å². The van der Waals surface area contributed by atoms with Gasteiger partial charge >= 0.3 is 0 Å². The van der Waals surface area contributed by atoms with Crippen molar-refractivity contribution in [3.05, 3.63) is 17.8 Å². The van der Waals surface area contributed by atoms with Crippen LogP contribution in [-0.4, -0.2) is 40.4 Å². The summed E-state index contributed by atoms with van der Waals surface area (Å²) in [5, 5.41) is 22.8. The minimum Gasteiger partial charge on any atom is -0.393 e. The second-order valence-corrected chi connectivity index (χ2v) is 4.54. The number of aromatic nitrogens is 2. The molecule has 0 spiro atoms. The van der Waals surface area contributed by atoms with Gasteiger partial charge in [0.2, 0.25) is 0 Å². The number of carbonyl (C=O) groups excluding carboxylic acids is 1. The van der Waals surface area contributed by atoms with E-state index in [-0.39, 0.29) is 12.0 Å². The molecule has 0 bridgehead atoms. The van der Waals surface area contributed by atoms with Crippen LogP contribution in [0.2, 0.25) is 0 Å². The van der Waals surface area contributed by atoms with E-state index in [9.17, 15) is 4.79 Å².